The summed E-state index contributed by atoms with van der Waals surface area (Å²) in [5, 5.41) is 16.6. The Bertz CT molecular complexity index is 628. The molecule has 23 heavy (non-hydrogen) atoms. The summed E-state index contributed by atoms with van der Waals surface area (Å²) in [4.78, 5) is 17.3. The quantitative estimate of drug-likeness (QED) is 0.728. The lowest BCUT2D eigenvalue weighted by Crippen LogP contribution is -2.39. The topological polar surface area (TPSA) is 74.2 Å². The van der Waals surface area contributed by atoms with E-state index in [-0.39, 0.29) is 12.6 Å². The zero-order chi connectivity index (χ0) is 16.7. The van der Waals surface area contributed by atoms with Gasteiger partial charge in [0.15, 0.2) is 0 Å². The third-order valence-electron chi connectivity index (χ3n) is 3.46. The molecule has 2 aromatic rings. The molecule has 1 atom stereocenters. The highest BCUT2D eigenvalue weighted by Crippen LogP contribution is 2.17. The van der Waals surface area contributed by atoms with Gasteiger partial charge in [0.1, 0.15) is 0 Å². The number of aryl methyl sites for hydroxylation is 2. The van der Waals surface area contributed by atoms with Gasteiger partial charge < -0.3 is 15.7 Å². The van der Waals surface area contributed by atoms with Gasteiger partial charge in [-0.25, -0.2) is 9.78 Å². The van der Waals surface area contributed by atoms with Crippen molar-refractivity contribution in [3.8, 4) is 0 Å². The van der Waals surface area contributed by atoms with Crippen LogP contribution in [0.25, 0.3) is 0 Å². The van der Waals surface area contributed by atoms with E-state index in [1.807, 2.05) is 37.3 Å². The fraction of sp³-hybridized carbons (Fsp3) is 0.412. The second kappa shape index (κ2) is 8.64. The van der Waals surface area contributed by atoms with Crippen LogP contribution in [-0.4, -0.2) is 28.8 Å². The third-order valence-corrected chi connectivity index (χ3v) is 4.76. The molecule has 3 N–H and O–H groups in total. The molecule has 0 aliphatic rings. The Hall–Kier alpha value is -1.92. The summed E-state index contributed by atoms with van der Waals surface area (Å²) in [7, 11) is 0. The van der Waals surface area contributed by atoms with Gasteiger partial charge in [-0.1, -0.05) is 37.3 Å². The predicted molar refractivity (Wildman–Crippen MR) is 92.6 cm³/mol. The number of aliphatic hydroxyl groups excluding tert-OH is 1. The highest BCUT2D eigenvalue weighted by molar-refractivity contribution is 7.11. The van der Waals surface area contributed by atoms with E-state index in [0.29, 0.717) is 13.0 Å². The number of hydrogen-bond donors (Lipinski definition) is 3. The maximum absolute atomic E-state index is 11.8. The summed E-state index contributed by atoms with van der Waals surface area (Å²) in [5.74, 6) is 0. The van der Waals surface area contributed by atoms with E-state index in [2.05, 4.69) is 22.5 Å². The minimum Gasteiger partial charge on any atom is -0.391 e. The largest absolute Gasteiger partial charge is 0.391 e. The van der Waals surface area contributed by atoms with Crippen LogP contribution in [0.5, 0.6) is 0 Å². The number of urea groups is 1. The Morgan fingerprint density at radius 2 is 2.04 bits per heavy atom. The average Bonchev–Trinajstić information content (AvgIpc) is 2.92. The van der Waals surface area contributed by atoms with Gasteiger partial charge in [-0.3, -0.25) is 0 Å². The number of thiazole rings is 1. The van der Waals surface area contributed by atoms with E-state index < -0.39 is 6.10 Å². The molecule has 2 amide bonds. The van der Waals surface area contributed by atoms with E-state index in [4.69, 9.17) is 0 Å². The maximum Gasteiger partial charge on any atom is 0.315 e. The van der Waals surface area contributed by atoms with Crippen molar-refractivity contribution < 1.29 is 9.90 Å². The van der Waals surface area contributed by atoms with Crippen LogP contribution in [-0.2, 0) is 19.4 Å². The molecule has 0 saturated carbocycles. The number of carbonyl (C=O) groups excluding carboxylic acids is 1. The predicted octanol–water partition coefficient (Wildman–Crippen LogP) is 2.42. The number of nitrogens with one attached hydrogen (secondary N) is 2. The highest BCUT2D eigenvalue weighted by Gasteiger charge is 2.10. The number of aliphatic hydroxyl groups is 1. The van der Waals surface area contributed by atoms with Crippen LogP contribution in [0.2, 0.25) is 0 Å². The summed E-state index contributed by atoms with van der Waals surface area (Å²) < 4.78 is 0. The molecule has 5 nitrogen and oxygen atoms in total. The molecule has 0 aliphatic heterocycles. The number of benzene rings is 1. The normalized spacial score (nSPS) is 12.0. The summed E-state index contributed by atoms with van der Waals surface area (Å²) >= 11 is 1.62. The first-order valence-corrected chi connectivity index (χ1v) is 8.59. The number of carbonyl (C=O) groups is 1. The van der Waals surface area contributed by atoms with Crippen LogP contribution in [0, 0.1) is 6.92 Å². The molecule has 0 radical (unpaired) electrons. The first-order chi connectivity index (χ1) is 11.1. The van der Waals surface area contributed by atoms with Crippen molar-refractivity contribution in [2.75, 3.05) is 6.54 Å². The first-order valence-electron chi connectivity index (χ1n) is 7.77. The van der Waals surface area contributed by atoms with Crippen molar-refractivity contribution in [1.82, 2.24) is 15.6 Å². The van der Waals surface area contributed by atoms with Crippen LogP contribution in [0.3, 0.4) is 0 Å². The van der Waals surface area contributed by atoms with Gasteiger partial charge in [-0.15, -0.1) is 11.3 Å². The second-order valence-corrected chi connectivity index (χ2v) is 6.55. The molecule has 6 heteroatoms. The molecule has 1 aromatic heterocycles. The summed E-state index contributed by atoms with van der Waals surface area (Å²) in [5.41, 5.74) is 2.02. The number of amides is 2. The van der Waals surface area contributed by atoms with Crippen molar-refractivity contribution in [2.45, 2.75) is 39.3 Å². The molecule has 1 heterocycles. The second-order valence-electron chi connectivity index (χ2n) is 5.38. The zero-order valence-corrected chi connectivity index (χ0v) is 14.3. The van der Waals surface area contributed by atoms with Crippen molar-refractivity contribution >= 4 is 17.4 Å². The Morgan fingerprint density at radius 1 is 1.30 bits per heavy atom. The zero-order valence-electron chi connectivity index (χ0n) is 13.5. The van der Waals surface area contributed by atoms with E-state index >= 15 is 0 Å². The van der Waals surface area contributed by atoms with Crippen molar-refractivity contribution in [2.24, 2.45) is 0 Å². The van der Waals surface area contributed by atoms with Gasteiger partial charge in [0, 0.05) is 17.8 Å². The molecule has 0 saturated heterocycles. The number of rotatable bonds is 7. The minimum absolute atomic E-state index is 0.225. The molecular formula is C17H23N3O2S. The number of hydrogen-bond acceptors (Lipinski definition) is 4. The average molecular weight is 333 g/mol. The lowest BCUT2D eigenvalue weighted by Gasteiger charge is -2.12. The van der Waals surface area contributed by atoms with Crippen molar-refractivity contribution in [1.29, 1.82) is 0 Å². The van der Waals surface area contributed by atoms with Crippen LogP contribution in [0.1, 0.15) is 28.1 Å². The molecular weight excluding hydrogens is 310 g/mol. The minimum atomic E-state index is -0.597. The SMILES string of the molecule is CCc1nc(C)c(CNC(=O)NC[C@H](O)Cc2ccccc2)s1. The lowest BCUT2D eigenvalue weighted by molar-refractivity contribution is 0.170. The highest BCUT2D eigenvalue weighted by atomic mass is 32.1. The number of nitrogens with zero attached hydrogens (tertiary/aromatic N) is 1. The van der Waals surface area contributed by atoms with E-state index in [9.17, 15) is 9.90 Å². The monoisotopic (exact) mass is 333 g/mol. The first kappa shape index (κ1) is 17.4. The smallest absolute Gasteiger partial charge is 0.315 e. The van der Waals surface area contributed by atoms with E-state index in [0.717, 1.165) is 27.6 Å². The summed E-state index contributed by atoms with van der Waals surface area (Å²) in [6.45, 7) is 4.71. The molecule has 0 bridgehead atoms. The molecule has 0 fully saturated rings. The standard InChI is InChI=1S/C17H23N3O2S/c1-3-16-20-12(2)15(23-16)11-19-17(22)18-10-14(21)9-13-7-5-4-6-8-13/h4-8,14,21H,3,9-11H2,1-2H3,(H2,18,19,22)/t14-/m1/s1. The van der Waals surface area contributed by atoms with Crippen LogP contribution in [0.15, 0.2) is 30.3 Å². The van der Waals surface area contributed by atoms with Gasteiger partial charge in [-0.05, 0) is 18.9 Å². The lowest BCUT2D eigenvalue weighted by atomic mass is 10.1. The van der Waals surface area contributed by atoms with Crippen LogP contribution in [0.4, 0.5) is 4.79 Å². The Morgan fingerprint density at radius 3 is 2.70 bits per heavy atom. The Kier molecular flexibility index (Phi) is 6.55. The molecule has 2 rings (SSSR count). The van der Waals surface area contributed by atoms with Gasteiger partial charge >= 0.3 is 6.03 Å². The van der Waals surface area contributed by atoms with Crippen LogP contribution >= 0.6 is 11.3 Å². The summed E-state index contributed by atoms with van der Waals surface area (Å²) in [6, 6.07) is 9.45. The van der Waals surface area contributed by atoms with Gasteiger partial charge in [-0.2, -0.15) is 0 Å². The fourth-order valence-corrected chi connectivity index (χ4v) is 3.14. The Balaban J connectivity index is 1.71. The molecule has 0 unspecified atom stereocenters. The van der Waals surface area contributed by atoms with Crippen LogP contribution < -0.4 is 10.6 Å². The number of aromatic nitrogens is 1. The fourth-order valence-electron chi connectivity index (χ4n) is 2.20. The van der Waals surface area contributed by atoms with Gasteiger partial charge in [0.2, 0.25) is 0 Å². The van der Waals surface area contributed by atoms with E-state index in [1.54, 1.807) is 11.3 Å². The van der Waals surface area contributed by atoms with Crippen molar-refractivity contribution in [3.05, 3.63) is 51.5 Å². The molecule has 0 spiro atoms. The Labute approximate surface area is 140 Å². The molecule has 124 valence electrons. The summed E-state index contributed by atoms with van der Waals surface area (Å²) in [6.07, 6.45) is 0.832. The maximum atomic E-state index is 11.8. The van der Waals surface area contributed by atoms with Gasteiger partial charge in [0.05, 0.1) is 23.4 Å². The van der Waals surface area contributed by atoms with Crippen molar-refractivity contribution in [3.63, 3.8) is 0 Å². The van der Waals surface area contributed by atoms with Gasteiger partial charge in [0.25, 0.3) is 0 Å². The third kappa shape index (κ3) is 5.65. The molecule has 1 aromatic carbocycles. The van der Waals surface area contributed by atoms with E-state index in [1.165, 1.54) is 0 Å². The molecule has 0 aliphatic carbocycles.